The molecule has 6 heteroatoms. The van der Waals surface area contributed by atoms with Crippen LogP contribution in [0.5, 0.6) is 0 Å². The summed E-state index contributed by atoms with van der Waals surface area (Å²) in [5, 5.41) is 11.4. The number of aromatic nitrogens is 1. The first kappa shape index (κ1) is 14.9. The first-order valence-electron chi connectivity index (χ1n) is 6.19. The minimum atomic E-state index is -0.133. The Hall–Kier alpha value is -2.11. The lowest BCUT2D eigenvalue weighted by atomic mass is 10.1. The molecular formula is C13H20N4O2. The van der Waals surface area contributed by atoms with Gasteiger partial charge in [0.1, 0.15) is 5.69 Å². The number of oxime groups is 1. The lowest BCUT2D eigenvalue weighted by molar-refractivity contribution is 0.0769. The Morgan fingerprint density at radius 2 is 2.26 bits per heavy atom. The number of hydrogen-bond acceptors (Lipinski definition) is 4. The maximum Gasteiger partial charge on any atom is 0.272 e. The number of carbonyl (C=O) groups is 1. The highest BCUT2D eigenvalue weighted by atomic mass is 16.4. The van der Waals surface area contributed by atoms with Crippen LogP contribution in [0.1, 0.15) is 36.3 Å². The number of nitrogens with zero attached hydrogens (tertiary/aromatic N) is 3. The van der Waals surface area contributed by atoms with E-state index in [4.69, 9.17) is 10.9 Å². The van der Waals surface area contributed by atoms with Crippen molar-refractivity contribution in [2.45, 2.75) is 20.3 Å². The first-order valence-corrected chi connectivity index (χ1v) is 6.19. The zero-order valence-electron chi connectivity index (χ0n) is 11.5. The van der Waals surface area contributed by atoms with Crippen LogP contribution in [0.4, 0.5) is 0 Å². The molecule has 0 bridgehead atoms. The highest BCUT2D eigenvalue weighted by Crippen LogP contribution is 2.07. The largest absolute Gasteiger partial charge is 0.409 e. The fourth-order valence-corrected chi connectivity index (χ4v) is 1.60. The summed E-state index contributed by atoms with van der Waals surface area (Å²) >= 11 is 0. The number of carbonyl (C=O) groups excluding carboxylic acids is 1. The second-order valence-corrected chi connectivity index (χ2v) is 4.62. The Morgan fingerprint density at radius 1 is 1.58 bits per heavy atom. The van der Waals surface area contributed by atoms with Crippen LogP contribution in [0.2, 0.25) is 0 Å². The third kappa shape index (κ3) is 3.94. The molecule has 1 heterocycles. The Bertz CT molecular complexity index is 456. The summed E-state index contributed by atoms with van der Waals surface area (Å²) in [4.78, 5) is 17.8. The van der Waals surface area contributed by atoms with E-state index in [1.165, 1.54) is 6.20 Å². The van der Waals surface area contributed by atoms with Gasteiger partial charge in [0, 0.05) is 25.4 Å². The summed E-state index contributed by atoms with van der Waals surface area (Å²) in [5.41, 5.74) is 6.25. The van der Waals surface area contributed by atoms with Crippen LogP contribution in [0, 0.1) is 5.92 Å². The predicted octanol–water partition coefficient (Wildman–Crippen LogP) is 1.29. The normalized spacial score (nSPS) is 13.1. The monoisotopic (exact) mass is 264 g/mol. The van der Waals surface area contributed by atoms with E-state index >= 15 is 0 Å². The molecule has 0 fully saturated rings. The lowest BCUT2D eigenvalue weighted by Gasteiger charge is -2.20. The average Bonchev–Trinajstić information content (AvgIpc) is 2.45. The first-order chi connectivity index (χ1) is 8.99. The second-order valence-electron chi connectivity index (χ2n) is 4.62. The van der Waals surface area contributed by atoms with Gasteiger partial charge < -0.3 is 15.8 Å². The van der Waals surface area contributed by atoms with Crippen molar-refractivity contribution in [3.8, 4) is 0 Å². The highest BCUT2D eigenvalue weighted by Gasteiger charge is 2.15. The third-order valence-electron chi connectivity index (χ3n) is 3.02. The van der Waals surface area contributed by atoms with Crippen molar-refractivity contribution < 1.29 is 10.0 Å². The zero-order chi connectivity index (χ0) is 14.4. The van der Waals surface area contributed by atoms with Crippen LogP contribution in [0.25, 0.3) is 0 Å². The highest BCUT2D eigenvalue weighted by molar-refractivity contribution is 5.98. The van der Waals surface area contributed by atoms with E-state index in [0.717, 1.165) is 6.42 Å². The maximum atomic E-state index is 12.1. The summed E-state index contributed by atoms with van der Waals surface area (Å²) in [5.74, 6) is 0.288. The molecule has 0 spiro atoms. The molecule has 104 valence electrons. The lowest BCUT2D eigenvalue weighted by Crippen LogP contribution is -2.31. The predicted molar refractivity (Wildman–Crippen MR) is 73.2 cm³/mol. The molecule has 0 aliphatic rings. The third-order valence-corrected chi connectivity index (χ3v) is 3.02. The van der Waals surface area contributed by atoms with Gasteiger partial charge in [0.25, 0.3) is 5.91 Å². The van der Waals surface area contributed by atoms with E-state index in [2.05, 4.69) is 24.0 Å². The Labute approximate surface area is 112 Å². The molecular weight excluding hydrogens is 244 g/mol. The van der Waals surface area contributed by atoms with Crippen LogP contribution in [0.3, 0.4) is 0 Å². The van der Waals surface area contributed by atoms with Gasteiger partial charge in [0.05, 0.1) is 0 Å². The molecule has 0 saturated heterocycles. The zero-order valence-corrected chi connectivity index (χ0v) is 11.5. The molecule has 1 amide bonds. The number of pyridine rings is 1. The van der Waals surface area contributed by atoms with E-state index in [-0.39, 0.29) is 11.7 Å². The van der Waals surface area contributed by atoms with Crippen molar-refractivity contribution in [2.75, 3.05) is 13.6 Å². The number of amides is 1. The van der Waals surface area contributed by atoms with Crippen molar-refractivity contribution in [1.82, 2.24) is 9.88 Å². The summed E-state index contributed by atoms with van der Waals surface area (Å²) in [6, 6.07) is 3.18. The van der Waals surface area contributed by atoms with Gasteiger partial charge >= 0.3 is 0 Å². The fraction of sp³-hybridized carbons (Fsp3) is 0.462. The van der Waals surface area contributed by atoms with Gasteiger partial charge in [-0.05, 0) is 18.1 Å². The van der Waals surface area contributed by atoms with Gasteiger partial charge in [0.15, 0.2) is 5.84 Å². The van der Waals surface area contributed by atoms with Gasteiger partial charge in [-0.25, -0.2) is 0 Å². The SMILES string of the molecule is CCC(C)CN(C)C(=O)c1ccc(C(N)=NO)cn1. The average molecular weight is 264 g/mol. The molecule has 1 rings (SSSR count). The minimum absolute atomic E-state index is 0.0283. The van der Waals surface area contributed by atoms with Crippen LogP contribution < -0.4 is 5.73 Å². The Balaban J connectivity index is 2.78. The van der Waals surface area contributed by atoms with E-state index in [1.54, 1.807) is 24.1 Å². The topological polar surface area (TPSA) is 91.8 Å². The molecule has 1 unspecified atom stereocenters. The minimum Gasteiger partial charge on any atom is -0.409 e. The standard InChI is InChI=1S/C13H20N4O2/c1-4-9(2)8-17(3)13(18)11-6-5-10(7-15-11)12(14)16-19/h5-7,9,19H,4,8H2,1-3H3,(H2,14,16). The number of hydrogen-bond donors (Lipinski definition) is 2. The second kappa shape index (κ2) is 6.72. The van der Waals surface area contributed by atoms with Crippen molar-refractivity contribution in [2.24, 2.45) is 16.8 Å². The van der Waals surface area contributed by atoms with Crippen LogP contribution >= 0.6 is 0 Å². The number of amidine groups is 1. The maximum absolute atomic E-state index is 12.1. The van der Waals surface area contributed by atoms with Gasteiger partial charge in [-0.1, -0.05) is 25.4 Å². The summed E-state index contributed by atoms with van der Waals surface area (Å²) in [6.07, 6.45) is 2.44. The molecule has 1 aromatic heterocycles. The number of nitrogens with two attached hydrogens (primary N) is 1. The smallest absolute Gasteiger partial charge is 0.272 e. The summed E-state index contributed by atoms with van der Waals surface area (Å²) in [7, 11) is 1.76. The Kier molecular flexibility index (Phi) is 5.29. The van der Waals surface area contributed by atoms with E-state index in [1.807, 2.05) is 0 Å². The fourth-order valence-electron chi connectivity index (χ4n) is 1.60. The van der Waals surface area contributed by atoms with Gasteiger partial charge in [0.2, 0.25) is 0 Å². The van der Waals surface area contributed by atoms with Crippen LogP contribution in [-0.2, 0) is 0 Å². The van der Waals surface area contributed by atoms with Gasteiger partial charge in [-0.15, -0.1) is 0 Å². The molecule has 0 aromatic carbocycles. The van der Waals surface area contributed by atoms with Crippen molar-refractivity contribution >= 4 is 11.7 Å². The number of rotatable bonds is 5. The van der Waals surface area contributed by atoms with Crippen LogP contribution in [0.15, 0.2) is 23.5 Å². The van der Waals surface area contributed by atoms with Gasteiger partial charge in [-0.2, -0.15) is 0 Å². The van der Waals surface area contributed by atoms with E-state index in [0.29, 0.717) is 23.7 Å². The summed E-state index contributed by atoms with van der Waals surface area (Å²) < 4.78 is 0. The Morgan fingerprint density at radius 3 is 2.74 bits per heavy atom. The van der Waals surface area contributed by atoms with Crippen molar-refractivity contribution in [3.63, 3.8) is 0 Å². The molecule has 19 heavy (non-hydrogen) atoms. The molecule has 0 saturated carbocycles. The van der Waals surface area contributed by atoms with Crippen molar-refractivity contribution in [1.29, 1.82) is 0 Å². The molecule has 1 aromatic rings. The van der Waals surface area contributed by atoms with E-state index < -0.39 is 0 Å². The van der Waals surface area contributed by atoms with E-state index in [9.17, 15) is 4.79 Å². The summed E-state index contributed by atoms with van der Waals surface area (Å²) in [6.45, 7) is 4.88. The molecule has 0 radical (unpaired) electrons. The quantitative estimate of drug-likeness (QED) is 0.363. The van der Waals surface area contributed by atoms with Crippen molar-refractivity contribution in [3.05, 3.63) is 29.6 Å². The molecule has 0 aliphatic heterocycles. The van der Waals surface area contributed by atoms with Gasteiger partial charge in [-0.3, -0.25) is 9.78 Å². The molecule has 6 nitrogen and oxygen atoms in total. The molecule has 1 atom stereocenters. The van der Waals surface area contributed by atoms with Crippen LogP contribution in [-0.4, -0.2) is 40.4 Å². The molecule has 3 N–H and O–H groups in total. The molecule has 0 aliphatic carbocycles.